The molecule has 0 saturated carbocycles. The Labute approximate surface area is 113 Å². The van der Waals surface area contributed by atoms with Gasteiger partial charge in [0.25, 0.3) is 5.69 Å². The van der Waals surface area contributed by atoms with Gasteiger partial charge in [-0.2, -0.15) is 13.2 Å². The highest BCUT2D eigenvalue weighted by molar-refractivity contribution is 9.10. The van der Waals surface area contributed by atoms with Crippen LogP contribution in [0.2, 0.25) is 0 Å². The lowest BCUT2D eigenvalue weighted by atomic mass is 10.2. The third-order valence-corrected chi connectivity index (χ3v) is 3.07. The second-order valence-corrected chi connectivity index (χ2v) is 5.22. The van der Waals surface area contributed by atoms with Crippen LogP contribution in [0.3, 0.4) is 0 Å². The molecule has 1 rings (SSSR count). The lowest BCUT2D eigenvalue weighted by molar-refractivity contribution is -0.384. The molecule has 100 valence electrons. The van der Waals surface area contributed by atoms with E-state index >= 15 is 0 Å². The van der Waals surface area contributed by atoms with Crippen molar-refractivity contribution in [1.82, 2.24) is 0 Å². The lowest BCUT2D eigenvalue weighted by Crippen LogP contribution is -2.10. The van der Waals surface area contributed by atoms with E-state index in [4.69, 9.17) is 0 Å². The number of rotatable bonds is 5. The molecule has 0 aliphatic carbocycles. The third kappa shape index (κ3) is 5.13. The summed E-state index contributed by atoms with van der Waals surface area (Å²) in [5, 5.41) is 13.3. The number of nitro groups is 1. The number of nitrogens with one attached hydrogen (secondary N) is 1. The van der Waals surface area contributed by atoms with E-state index in [1.165, 1.54) is 12.1 Å². The fraction of sp³-hybridized carbons (Fsp3) is 0.333. The molecule has 0 radical (unpaired) electrons. The summed E-state index contributed by atoms with van der Waals surface area (Å²) in [6, 6.07) is 4.31. The zero-order chi connectivity index (χ0) is 13.8. The van der Waals surface area contributed by atoms with Crippen molar-refractivity contribution in [3.05, 3.63) is 32.8 Å². The molecule has 1 aromatic carbocycles. The Hall–Kier alpha value is -0.960. The van der Waals surface area contributed by atoms with E-state index < -0.39 is 10.4 Å². The van der Waals surface area contributed by atoms with Crippen molar-refractivity contribution in [3.8, 4) is 0 Å². The first-order chi connectivity index (χ1) is 8.29. The van der Waals surface area contributed by atoms with Gasteiger partial charge in [0.2, 0.25) is 0 Å². The number of thioether (sulfide) groups is 1. The first kappa shape index (κ1) is 15.1. The van der Waals surface area contributed by atoms with E-state index in [-0.39, 0.29) is 35.4 Å². The summed E-state index contributed by atoms with van der Waals surface area (Å²) in [5.74, 6) is -0.212. The van der Waals surface area contributed by atoms with Crippen molar-refractivity contribution in [2.45, 2.75) is 5.51 Å². The van der Waals surface area contributed by atoms with Crippen LogP contribution < -0.4 is 5.32 Å². The number of nitro benzene ring substituents is 1. The van der Waals surface area contributed by atoms with Gasteiger partial charge in [0.1, 0.15) is 5.69 Å². The Morgan fingerprint density at radius 1 is 1.44 bits per heavy atom. The molecule has 0 atom stereocenters. The van der Waals surface area contributed by atoms with Crippen LogP contribution in [0, 0.1) is 10.1 Å². The normalized spacial score (nSPS) is 11.3. The topological polar surface area (TPSA) is 55.2 Å². The van der Waals surface area contributed by atoms with Crippen LogP contribution in [0.4, 0.5) is 24.5 Å². The maximum Gasteiger partial charge on any atom is 0.441 e. The fourth-order valence-corrected chi connectivity index (χ4v) is 1.94. The summed E-state index contributed by atoms with van der Waals surface area (Å²) in [5.41, 5.74) is -4.26. The number of alkyl halides is 3. The number of hydrogen-bond donors (Lipinski definition) is 1. The highest BCUT2D eigenvalue weighted by atomic mass is 79.9. The van der Waals surface area contributed by atoms with Crippen molar-refractivity contribution < 1.29 is 18.1 Å². The Bertz CT molecular complexity index is 442. The van der Waals surface area contributed by atoms with Crippen molar-refractivity contribution in [2.24, 2.45) is 0 Å². The van der Waals surface area contributed by atoms with Gasteiger partial charge in [0.15, 0.2) is 0 Å². The first-order valence-electron chi connectivity index (χ1n) is 4.68. The maximum absolute atomic E-state index is 11.9. The van der Waals surface area contributed by atoms with E-state index in [1.807, 2.05) is 0 Å². The van der Waals surface area contributed by atoms with Gasteiger partial charge in [0.05, 0.1) is 4.92 Å². The van der Waals surface area contributed by atoms with Crippen molar-refractivity contribution in [1.29, 1.82) is 0 Å². The average molecular weight is 345 g/mol. The molecule has 0 amide bonds. The van der Waals surface area contributed by atoms with E-state index in [0.717, 1.165) is 0 Å². The van der Waals surface area contributed by atoms with Gasteiger partial charge in [-0.25, -0.2) is 0 Å². The Morgan fingerprint density at radius 3 is 2.67 bits per heavy atom. The largest absolute Gasteiger partial charge is 0.441 e. The van der Waals surface area contributed by atoms with Crippen LogP contribution in [0.15, 0.2) is 22.7 Å². The molecule has 4 nitrogen and oxygen atoms in total. The summed E-state index contributed by atoms with van der Waals surface area (Å²) in [6.45, 7) is -0.00729. The van der Waals surface area contributed by atoms with Gasteiger partial charge in [-0.05, 0) is 23.9 Å². The predicted molar refractivity (Wildman–Crippen MR) is 67.8 cm³/mol. The number of hydrogen-bond acceptors (Lipinski definition) is 4. The highest BCUT2D eigenvalue weighted by Gasteiger charge is 2.27. The Balaban J connectivity index is 2.59. The zero-order valence-corrected chi connectivity index (χ0v) is 11.2. The van der Waals surface area contributed by atoms with E-state index in [9.17, 15) is 23.3 Å². The molecule has 0 fully saturated rings. The minimum atomic E-state index is -4.28. The van der Waals surface area contributed by atoms with E-state index in [2.05, 4.69) is 21.2 Å². The van der Waals surface area contributed by atoms with Crippen LogP contribution >= 0.6 is 27.7 Å². The summed E-state index contributed by atoms with van der Waals surface area (Å²) < 4.78 is 36.1. The summed E-state index contributed by atoms with van der Waals surface area (Å²) in [4.78, 5) is 10.1. The molecular formula is C9H8BrF3N2O2S. The predicted octanol–water partition coefficient (Wildman–Crippen LogP) is 4.02. The molecule has 9 heteroatoms. The van der Waals surface area contributed by atoms with Gasteiger partial charge in [-0.15, -0.1) is 0 Å². The smallest absolute Gasteiger partial charge is 0.379 e. The number of nitrogens with zero attached hydrogens (tertiary/aromatic N) is 1. The molecule has 0 aliphatic heterocycles. The third-order valence-electron chi connectivity index (χ3n) is 1.84. The molecule has 1 aromatic rings. The first-order valence-corrected chi connectivity index (χ1v) is 6.46. The molecule has 0 aliphatic rings. The molecular weight excluding hydrogens is 337 g/mol. The molecule has 0 heterocycles. The van der Waals surface area contributed by atoms with E-state index in [1.54, 1.807) is 6.07 Å². The van der Waals surface area contributed by atoms with Gasteiger partial charge in [-0.3, -0.25) is 10.1 Å². The Morgan fingerprint density at radius 2 is 2.11 bits per heavy atom. The molecule has 0 spiro atoms. The second-order valence-electron chi connectivity index (χ2n) is 3.14. The molecule has 18 heavy (non-hydrogen) atoms. The van der Waals surface area contributed by atoms with Gasteiger partial charge in [-0.1, -0.05) is 15.9 Å². The fourth-order valence-electron chi connectivity index (χ4n) is 1.16. The molecule has 1 N–H and O–H groups in total. The standard InChI is InChI=1S/C9H8BrF3N2O2S/c10-6-1-2-7(8(5-6)15(16)17)14-3-4-18-9(11,12)13/h1-2,5,14H,3-4H2. The Kier molecular flexibility index (Phi) is 5.27. The quantitative estimate of drug-likeness (QED) is 0.498. The molecule has 0 unspecified atom stereocenters. The minimum absolute atomic E-state index is 0.00729. The van der Waals surface area contributed by atoms with Gasteiger partial charge in [0, 0.05) is 22.8 Å². The van der Waals surface area contributed by atoms with Gasteiger partial charge < -0.3 is 5.32 Å². The summed E-state index contributed by atoms with van der Waals surface area (Å²) in [7, 11) is 0. The monoisotopic (exact) mass is 344 g/mol. The van der Waals surface area contributed by atoms with Crippen LogP contribution in [0.1, 0.15) is 0 Å². The average Bonchev–Trinajstić information content (AvgIpc) is 2.24. The van der Waals surface area contributed by atoms with Crippen molar-refractivity contribution in [3.63, 3.8) is 0 Å². The van der Waals surface area contributed by atoms with Gasteiger partial charge >= 0.3 is 5.51 Å². The van der Waals surface area contributed by atoms with Crippen LogP contribution in [0.25, 0.3) is 0 Å². The number of halogens is 4. The zero-order valence-electron chi connectivity index (χ0n) is 8.83. The lowest BCUT2D eigenvalue weighted by Gasteiger charge is -2.08. The molecule has 0 saturated heterocycles. The van der Waals surface area contributed by atoms with Crippen molar-refractivity contribution in [2.75, 3.05) is 17.6 Å². The SMILES string of the molecule is O=[N+]([O-])c1cc(Br)ccc1NCCSC(F)(F)F. The summed E-state index contributed by atoms with van der Waals surface area (Å²) in [6.07, 6.45) is 0. The van der Waals surface area contributed by atoms with Crippen molar-refractivity contribution >= 4 is 39.1 Å². The molecule has 0 aromatic heterocycles. The number of benzene rings is 1. The molecule has 0 bridgehead atoms. The van der Waals surface area contributed by atoms with E-state index in [0.29, 0.717) is 4.47 Å². The number of anilines is 1. The van der Waals surface area contributed by atoms with Crippen LogP contribution in [-0.2, 0) is 0 Å². The highest BCUT2D eigenvalue weighted by Crippen LogP contribution is 2.31. The van der Waals surface area contributed by atoms with Crippen LogP contribution in [0.5, 0.6) is 0 Å². The van der Waals surface area contributed by atoms with Crippen LogP contribution in [-0.4, -0.2) is 22.7 Å². The maximum atomic E-state index is 11.9. The minimum Gasteiger partial charge on any atom is -0.379 e. The second kappa shape index (κ2) is 6.28. The summed E-state index contributed by atoms with van der Waals surface area (Å²) >= 11 is 2.92.